The number of carbonyl (C=O) groups excluding carboxylic acids is 2. The van der Waals surface area contributed by atoms with E-state index in [1.165, 1.54) is 0 Å². The number of hydrogen-bond donors (Lipinski definition) is 2. The van der Waals surface area contributed by atoms with Gasteiger partial charge in [0, 0.05) is 31.5 Å². The summed E-state index contributed by atoms with van der Waals surface area (Å²) in [5, 5.41) is 6.02. The van der Waals surface area contributed by atoms with Crippen LogP contribution < -0.4 is 10.6 Å². The second-order valence-electron chi connectivity index (χ2n) is 6.57. The molecular weight excluding hydrogens is 280 g/mol. The van der Waals surface area contributed by atoms with Crippen molar-refractivity contribution in [3.8, 4) is 0 Å². The maximum absolute atomic E-state index is 12.2. The summed E-state index contributed by atoms with van der Waals surface area (Å²) in [6.45, 7) is 4.35. The van der Waals surface area contributed by atoms with Crippen LogP contribution in [0.15, 0.2) is 0 Å². The summed E-state index contributed by atoms with van der Waals surface area (Å²) in [7, 11) is 0. The van der Waals surface area contributed by atoms with Crippen molar-refractivity contribution in [2.24, 2.45) is 11.8 Å². The van der Waals surface area contributed by atoms with Crippen molar-refractivity contribution in [1.82, 2.24) is 10.6 Å². The monoisotopic (exact) mass is 310 g/mol. The molecule has 0 bridgehead atoms. The van der Waals surface area contributed by atoms with Gasteiger partial charge in [0.25, 0.3) is 0 Å². The molecule has 2 aliphatic rings. The fraction of sp³-hybridized carbons (Fsp3) is 0.882. The van der Waals surface area contributed by atoms with Gasteiger partial charge in [0.2, 0.25) is 11.8 Å². The lowest BCUT2D eigenvalue weighted by atomic mass is 9.81. The molecule has 126 valence electrons. The van der Waals surface area contributed by atoms with Gasteiger partial charge in [0.1, 0.15) is 0 Å². The number of hydrogen-bond acceptors (Lipinski definition) is 3. The summed E-state index contributed by atoms with van der Waals surface area (Å²) in [5.41, 5.74) is 0. The molecule has 2 N–H and O–H groups in total. The Morgan fingerprint density at radius 1 is 1.00 bits per heavy atom. The van der Waals surface area contributed by atoms with E-state index in [0.29, 0.717) is 6.54 Å². The van der Waals surface area contributed by atoms with Crippen LogP contribution in [0.2, 0.25) is 0 Å². The second-order valence-corrected chi connectivity index (χ2v) is 6.57. The number of carbonyl (C=O) groups is 2. The summed E-state index contributed by atoms with van der Waals surface area (Å²) in [5.74, 6) is 0.479. The van der Waals surface area contributed by atoms with Crippen LogP contribution in [-0.4, -0.2) is 37.6 Å². The fourth-order valence-corrected chi connectivity index (χ4v) is 3.31. The van der Waals surface area contributed by atoms with Gasteiger partial charge in [0.15, 0.2) is 0 Å². The van der Waals surface area contributed by atoms with Crippen molar-refractivity contribution in [3.63, 3.8) is 0 Å². The normalized spacial score (nSPS) is 28.3. The Balaban J connectivity index is 1.63. The molecule has 2 rings (SSSR count). The molecule has 1 atom stereocenters. The van der Waals surface area contributed by atoms with Gasteiger partial charge < -0.3 is 15.4 Å². The van der Waals surface area contributed by atoms with Gasteiger partial charge in [-0.15, -0.1) is 0 Å². The Morgan fingerprint density at radius 3 is 2.18 bits per heavy atom. The highest BCUT2D eigenvalue weighted by Crippen LogP contribution is 2.29. The molecule has 1 unspecified atom stereocenters. The van der Waals surface area contributed by atoms with E-state index in [1.54, 1.807) is 0 Å². The Hall–Kier alpha value is -1.10. The molecule has 1 saturated heterocycles. The first-order valence-electron chi connectivity index (χ1n) is 8.87. The summed E-state index contributed by atoms with van der Waals surface area (Å²) < 4.78 is 5.52. The number of amides is 2. The van der Waals surface area contributed by atoms with Gasteiger partial charge in [0.05, 0.1) is 6.10 Å². The van der Waals surface area contributed by atoms with Crippen LogP contribution in [-0.2, 0) is 14.3 Å². The van der Waals surface area contributed by atoms with Crippen molar-refractivity contribution in [1.29, 1.82) is 0 Å². The van der Waals surface area contributed by atoms with Crippen molar-refractivity contribution in [2.45, 2.75) is 64.4 Å². The molecule has 2 amide bonds. The lowest BCUT2D eigenvalue weighted by molar-refractivity contribution is -0.130. The molecule has 1 aliphatic carbocycles. The first-order valence-corrected chi connectivity index (χ1v) is 8.87. The average molecular weight is 310 g/mol. The molecule has 5 heteroatoms. The van der Waals surface area contributed by atoms with Crippen LogP contribution in [0.1, 0.15) is 58.3 Å². The molecule has 22 heavy (non-hydrogen) atoms. The van der Waals surface area contributed by atoms with E-state index in [0.717, 1.165) is 64.5 Å². The van der Waals surface area contributed by atoms with Crippen LogP contribution in [0.3, 0.4) is 0 Å². The predicted octanol–water partition coefficient (Wildman–Crippen LogP) is 2.00. The van der Waals surface area contributed by atoms with Gasteiger partial charge in [-0.1, -0.05) is 13.3 Å². The molecule has 0 aromatic rings. The van der Waals surface area contributed by atoms with Crippen LogP contribution in [0.25, 0.3) is 0 Å². The zero-order valence-corrected chi connectivity index (χ0v) is 13.7. The average Bonchev–Trinajstić information content (AvgIpc) is 3.06. The second kappa shape index (κ2) is 9.13. The van der Waals surface area contributed by atoms with E-state index in [1.807, 2.05) is 0 Å². The van der Waals surface area contributed by atoms with Crippen LogP contribution in [0.4, 0.5) is 0 Å². The van der Waals surface area contributed by atoms with Crippen molar-refractivity contribution in [2.75, 3.05) is 19.7 Å². The smallest absolute Gasteiger partial charge is 0.223 e. The van der Waals surface area contributed by atoms with E-state index in [-0.39, 0.29) is 29.8 Å². The molecule has 0 radical (unpaired) electrons. The van der Waals surface area contributed by atoms with E-state index in [2.05, 4.69) is 17.6 Å². The first kappa shape index (κ1) is 17.3. The maximum atomic E-state index is 12.2. The third-order valence-corrected chi connectivity index (χ3v) is 4.83. The highest BCUT2D eigenvalue weighted by Gasteiger charge is 2.30. The lowest BCUT2D eigenvalue weighted by Gasteiger charge is -2.27. The highest BCUT2D eigenvalue weighted by molar-refractivity contribution is 5.81. The molecule has 0 aromatic heterocycles. The zero-order valence-electron chi connectivity index (χ0n) is 13.7. The topological polar surface area (TPSA) is 67.4 Å². The largest absolute Gasteiger partial charge is 0.376 e. The van der Waals surface area contributed by atoms with Crippen LogP contribution in [0.5, 0.6) is 0 Å². The fourth-order valence-electron chi connectivity index (χ4n) is 3.31. The summed E-state index contributed by atoms with van der Waals surface area (Å²) >= 11 is 0. The number of nitrogens with one attached hydrogen (secondary N) is 2. The van der Waals surface area contributed by atoms with E-state index >= 15 is 0 Å². The Labute approximate surface area is 133 Å². The Kier molecular flexibility index (Phi) is 7.16. The minimum absolute atomic E-state index is 0.0705. The Morgan fingerprint density at radius 2 is 1.64 bits per heavy atom. The van der Waals surface area contributed by atoms with Crippen molar-refractivity contribution in [3.05, 3.63) is 0 Å². The van der Waals surface area contributed by atoms with E-state index < -0.39 is 0 Å². The summed E-state index contributed by atoms with van der Waals surface area (Å²) in [6.07, 6.45) is 7.77. The Bertz CT molecular complexity index is 359. The van der Waals surface area contributed by atoms with Gasteiger partial charge >= 0.3 is 0 Å². The van der Waals surface area contributed by atoms with E-state index in [4.69, 9.17) is 4.74 Å². The minimum Gasteiger partial charge on any atom is -0.376 e. The minimum atomic E-state index is 0.0705. The van der Waals surface area contributed by atoms with Gasteiger partial charge in [-0.25, -0.2) is 0 Å². The highest BCUT2D eigenvalue weighted by atomic mass is 16.5. The first-order chi connectivity index (χ1) is 10.7. The van der Waals surface area contributed by atoms with Crippen molar-refractivity contribution < 1.29 is 14.3 Å². The summed E-state index contributed by atoms with van der Waals surface area (Å²) in [6, 6.07) is 0. The molecule has 1 saturated carbocycles. The summed E-state index contributed by atoms with van der Waals surface area (Å²) in [4.78, 5) is 24.2. The van der Waals surface area contributed by atoms with Gasteiger partial charge in [-0.3, -0.25) is 9.59 Å². The van der Waals surface area contributed by atoms with Gasteiger partial charge in [-0.2, -0.15) is 0 Å². The standard InChI is InChI=1S/C17H30N2O3/c1-2-3-10-18-16(20)13-6-8-14(9-7-13)17(21)19-12-15-5-4-11-22-15/h13-15H,2-12H2,1H3,(H,18,20)(H,19,21). The van der Waals surface area contributed by atoms with Crippen LogP contribution >= 0.6 is 0 Å². The number of ether oxygens (including phenoxy) is 1. The molecule has 1 aliphatic heterocycles. The SMILES string of the molecule is CCCCNC(=O)C1CCC(C(=O)NCC2CCCO2)CC1. The number of rotatable bonds is 7. The quantitative estimate of drug-likeness (QED) is 0.707. The number of unbranched alkanes of at least 4 members (excludes halogenated alkanes) is 1. The van der Waals surface area contributed by atoms with Crippen molar-refractivity contribution >= 4 is 11.8 Å². The molecule has 0 spiro atoms. The van der Waals surface area contributed by atoms with Crippen LogP contribution in [0, 0.1) is 11.8 Å². The third-order valence-electron chi connectivity index (χ3n) is 4.83. The molecule has 0 aromatic carbocycles. The lowest BCUT2D eigenvalue weighted by Crippen LogP contribution is -2.39. The maximum Gasteiger partial charge on any atom is 0.223 e. The third kappa shape index (κ3) is 5.27. The molecule has 5 nitrogen and oxygen atoms in total. The molecule has 1 heterocycles. The van der Waals surface area contributed by atoms with E-state index in [9.17, 15) is 9.59 Å². The van der Waals surface area contributed by atoms with Gasteiger partial charge in [-0.05, 0) is 44.9 Å². The molecular formula is C17H30N2O3. The predicted molar refractivity (Wildman–Crippen MR) is 85.3 cm³/mol. The zero-order chi connectivity index (χ0) is 15.8. The molecule has 2 fully saturated rings.